The molecule has 1 aromatic heterocycles. The molecular formula is C13H20BrN3O. The van der Waals surface area contributed by atoms with E-state index in [1.54, 1.807) is 0 Å². The molecule has 2 unspecified atom stereocenters. The molecule has 1 aliphatic heterocycles. The summed E-state index contributed by atoms with van der Waals surface area (Å²) in [6, 6.07) is 1.93. The number of ether oxygens (including phenoxy) is 1. The molecule has 100 valence electrons. The molecule has 18 heavy (non-hydrogen) atoms. The Morgan fingerprint density at radius 2 is 2.28 bits per heavy atom. The number of anilines is 1. The maximum atomic E-state index is 5.69. The molecule has 2 atom stereocenters. The third-order valence-electron chi connectivity index (χ3n) is 3.35. The van der Waals surface area contributed by atoms with Gasteiger partial charge in [0.1, 0.15) is 16.2 Å². The van der Waals surface area contributed by atoms with E-state index < -0.39 is 0 Å². The Hall–Kier alpha value is -0.680. The van der Waals surface area contributed by atoms with E-state index in [-0.39, 0.29) is 0 Å². The Morgan fingerprint density at radius 3 is 3.00 bits per heavy atom. The first kappa shape index (κ1) is 13.7. The standard InChI is InChI=1S/C13H20BrN3O/c1-3-10-9(5-6-18-10)8-15-13-7-11(14)16-12(4-2)17-13/h7,9-10H,3-6,8H2,1-2H3,(H,15,16,17). The van der Waals surface area contributed by atoms with E-state index in [0.717, 1.165) is 48.7 Å². The molecule has 5 heteroatoms. The minimum Gasteiger partial charge on any atom is -0.378 e. The van der Waals surface area contributed by atoms with Crippen LogP contribution >= 0.6 is 15.9 Å². The zero-order chi connectivity index (χ0) is 13.0. The number of hydrogen-bond acceptors (Lipinski definition) is 4. The van der Waals surface area contributed by atoms with Gasteiger partial charge in [0, 0.05) is 31.6 Å². The van der Waals surface area contributed by atoms with E-state index in [0.29, 0.717) is 12.0 Å². The quantitative estimate of drug-likeness (QED) is 0.849. The van der Waals surface area contributed by atoms with Crippen molar-refractivity contribution in [3.63, 3.8) is 0 Å². The number of aryl methyl sites for hydroxylation is 1. The zero-order valence-electron chi connectivity index (χ0n) is 10.9. The molecule has 0 aliphatic carbocycles. The van der Waals surface area contributed by atoms with Crippen LogP contribution in [0.15, 0.2) is 10.7 Å². The Bertz CT molecular complexity index is 400. The van der Waals surface area contributed by atoms with E-state index in [4.69, 9.17) is 4.74 Å². The van der Waals surface area contributed by atoms with Crippen LogP contribution in [0.25, 0.3) is 0 Å². The molecule has 1 N–H and O–H groups in total. The normalized spacial score (nSPS) is 23.3. The summed E-state index contributed by atoms with van der Waals surface area (Å²) in [5.74, 6) is 2.35. The largest absolute Gasteiger partial charge is 0.378 e. The second-order valence-electron chi connectivity index (χ2n) is 4.59. The van der Waals surface area contributed by atoms with Crippen molar-refractivity contribution < 1.29 is 4.74 Å². The second kappa shape index (κ2) is 6.48. The lowest BCUT2D eigenvalue weighted by atomic mass is 10.00. The van der Waals surface area contributed by atoms with Crippen molar-refractivity contribution in [2.45, 2.75) is 39.2 Å². The van der Waals surface area contributed by atoms with Crippen molar-refractivity contribution in [2.24, 2.45) is 5.92 Å². The van der Waals surface area contributed by atoms with Crippen LogP contribution in [0.3, 0.4) is 0 Å². The summed E-state index contributed by atoms with van der Waals surface area (Å²) in [6.07, 6.45) is 3.46. The van der Waals surface area contributed by atoms with E-state index in [1.807, 2.05) is 6.07 Å². The van der Waals surface area contributed by atoms with Crippen molar-refractivity contribution in [3.05, 3.63) is 16.5 Å². The highest BCUT2D eigenvalue weighted by Crippen LogP contribution is 2.24. The van der Waals surface area contributed by atoms with Gasteiger partial charge in [-0.05, 0) is 28.8 Å². The monoisotopic (exact) mass is 313 g/mol. The van der Waals surface area contributed by atoms with Gasteiger partial charge in [-0.25, -0.2) is 9.97 Å². The van der Waals surface area contributed by atoms with Crippen LogP contribution in [-0.4, -0.2) is 29.2 Å². The maximum Gasteiger partial charge on any atom is 0.131 e. The number of aromatic nitrogens is 2. The van der Waals surface area contributed by atoms with Crippen LogP contribution < -0.4 is 5.32 Å². The van der Waals surface area contributed by atoms with Crippen molar-refractivity contribution in [1.29, 1.82) is 0 Å². The van der Waals surface area contributed by atoms with Gasteiger partial charge in [0.05, 0.1) is 6.10 Å². The van der Waals surface area contributed by atoms with Crippen LogP contribution in [0.4, 0.5) is 5.82 Å². The van der Waals surface area contributed by atoms with E-state index >= 15 is 0 Å². The molecule has 4 nitrogen and oxygen atoms in total. The Labute approximate surface area is 117 Å². The highest BCUT2D eigenvalue weighted by atomic mass is 79.9. The smallest absolute Gasteiger partial charge is 0.131 e. The summed E-state index contributed by atoms with van der Waals surface area (Å²) in [5, 5.41) is 3.41. The first-order valence-electron chi connectivity index (χ1n) is 6.61. The van der Waals surface area contributed by atoms with E-state index in [2.05, 4.69) is 45.1 Å². The summed E-state index contributed by atoms with van der Waals surface area (Å²) < 4.78 is 6.53. The summed E-state index contributed by atoms with van der Waals surface area (Å²) in [5.41, 5.74) is 0. The van der Waals surface area contributed by atoms with Crippen LogP contribution in [0, 0.1) is 5.92 Å². The minimum absolute atomic E-state index is 0.397. The second-order valence-corrected chi connectivity index (χ2v) is 5.41. The topological polar surface area (TPSA) is 47.0 Å². The molecule has 2 rings (SSSR count). The Morgan fingerprint density at radius 1 is 1.44 bits per heavy atom. The lowest BCUT2D eigenvalue weighted by Crippen LogP contribution is -2.23. The molecule has 0 aromatic carbocycles. The van der Waals surface area contributed by atoms with Crippen LogP contribution in [0.5, 0.6) is 0 Å². The fraction of sp³-hybridized carbons (Fsp3) is 0.692. The van der Waals surface area contributed by atoms with Gasteiger partial charge in [0.25, 0.3) is 0 Å². The number of nitrogens with zero attached hydrogens (tertiary/aromatic N) is 2. The first-order chi connectivity index (χ1) is 8.72. The molecular weight excluding hydrogens is 294 g/mol. The van der Waals surface area contributed by atoms with Gasteiger partial charge < -0.3 is 10.1 Å². The van der Waals surface area contributed by atoms with Crippen LogP contribution in [0.1, 0.15) is 32.5 Å². The fourth-order valence-corrected chi connectivity index (χ4v) is 2.75. The molecule has 1 saturated heterocycles. The van der Waals surface area contributed by atoms with Crippen molar-refractivity contribution >= 4 is 21.7 Å². The van der Waals surface area contributed by atoms with Gasteiger partial charge in [-0.2, -0.15) is 0 Å². The minimum atomic E-state index is 0.397. The van der Waals surface area contributed by atoms with Crippen LogP contribution in [-0.2, 0) is 11.2 Å². The van der Waals surface area contributed by atoms with Crippen molar-refractivity contribution in [3.8, 4) is 0 Å². The summed E-state index contributed by atoms with van der Waals surface area (Å²) in [4.78, 5) is 8.77. The number of hydrogen-bond donors (Lipinski definition) is 1. The fourth-order valence-electron chi connectivity index (χ4n) is 2.33. The third-order valence-corrected chi connectivity index (χ3v) is 3.76. The summed E-state index contributed by atoms with van der Waals surface area (Å²) >= 11 is 3.42. The van der Waals surface area contributed by atoms with E-state index in [9.17, 15) is 0 Å². The van der Waals surface area contributed by atoms with Crippen LogP contribution in [0.2, 0.25) is 0 Å². The summed E-state index contributed by atoms with van der Waals surface area (Å²) in [7, 11) is 0. The van der Waals surface area contributed by atoms with Gasteiger partial charge in [0.15, 0.2) is 0 Å². The molecule has 2 heterocycles. The summed E-state index contributed by atoms with van der Waals surface area (Å²) in [6.45, 7) is 6.05. The highest BCUT2D eigenvalue weighted by molar-refractivity contribution is 9.10. The average Bonchev–Trinajstić information content (AvgIpc) is 2.83. The van der Waals surface area contributed by atoms with Gasteiger partial charge in [0.2, 0.25) is 0 Å². The lowest BCUT2D eigenvalue weighted by molar-refractivity contribution is 0.0900. The van der Waals surface area contributed by atoms with Gasteiger partial charge in [-0.3, -0.25) is 0 Å². The molecule has 1 aromatic rings. The molecule has 1 fully saturated rings. The lowest BCUT2D eigenvalue weighted by Gasteiger charge is -2.17. The molecule has 0 spiro atoms. The molecule has 0 bridgehead atoms. The number of halogens is 1. The number of rotatable bonds is 5. The Kier molecular flexibility index (Phi) is 4.95. The average molecular weight is 314 g/mol. The predicted octanol–water partition coefficient (Wildman–Crippen LogP) is 3.03. The molecule has 0 saturated carbocycles. The third kappa shape index (κ3) is 3.42. The highest BCUT2D eigenvalue weighted by Gasteiger charge is 2.26. The molecule has 0 radical (unpaired) electrons. The van der Waals surface area contributed by atoms with Gasteiger partial charge in [-0.15, -0.1) is 0 Å². The van der Waals surface area contributed by atoms with E-state index in [1.165, 1.54) is 0 Å². The Balaban J connectivity index is 1.95. The maximum absolute atomic E-state index is 5.69. The number of nitrogens with one attached hydrogen (secondary N) is 1. The predicted molar refractivity (Wildman–Crippen MR) is 75.7 cm³/mol. The molecule has 0 amide bonds. The zero-order valence-corrected chi connectivity index (χ0v) is 12.5. The first-order valence-corrected chi connectivity index (χ1v) is 7.41. The van der Waals surface area contributed by atoms with Crippen molar-refractivity contribution in [2.75, 3.05) is 18.5 Å². The van der Waals surface area contributed by atoms with Gasteiger partial charge >= 0.3 is 0 Å². The van der Waals surface area contributed by atoms with Crippen molar-refractivity contribution in [1.82, 2.24) is 9.97 Å². The molecule has 1 aliphatic rings. The van der Waals surface area contributed by atoms with Gasteiger partial charge in [-0.1, -0.05) is 13.8 Å². The SMILES string of the molecule is CCc1nc(Br)cc(NCC2CCOC2CC)n1.